The fraction of sp³-hybridized carbons (Fsp3) is 0.538. The van der Waals surface area contributed by atoms with Gasteiger partial charge in [0, 0.05) is 33.0 Å². The van der Waals surface area contributed by atoms with E-state index in [4.69, 9.17) is 4.74 Å². The van der Waals surface area contributed by atoms with Crippen molar-refractivity contribution in [3.63, 3.8) is 0 Å². The number of carbonyl (C=O) groups is 1. The van der Waals surface area contributed by atoms with E-state index in [0.29, 0.717) is 18.7 Å². The Kier molecular flexibility index (Phi) is 6.79. The van der Waals surface area contributed by atoms with Crippen molar-refractivity contribution in [1.82, 2.24) is 10.3 Å². The molecule has 0 bridgehead atoms. The van der Waals surface area contributed by atoms with Gasteiger partial charge in [0.05, 0.1) is 17.4 Å². The van der Waals surface area contributed by atoms with Crippen LogP contribution in [0.3, 0.4) is 0 Å². The molecule has 1 rings (SSSR count). The summed E-state index contributed by atoms with van der Waals surface area (Å²) >= 11 is 0. The van der Waals surface area contributed by atoms with Gasteiger partial charge in [0.25, 0.3) is 5.91 Å². The molecule has 0 saturated carbocycles. The van der Waals surface area contributed by atoms with Gasteiger partial charge in [0.15, 0.2) is 0 Å². The number of carbonyl (C=O) groups excluding carboxylic acids is 1. The third-order valence-electron chi connectivity index (χ3n) is 2.43. The lowest BCUT2D eigenvalue weighted by Crippen LogP contribution is -2.26. The maximum absolute atomic E-state index is 11.9. The van der Waals surface area contributed by atoms with Crippen LogP contribution in [0.25, 0.3) is 0 Å². The minimum absolute atomic E-state index is 0.0859. The van der Waals surface area contributed by atoms with Gasteiger partial charge in [-0.25, -0.2) is 0 Å². The van der Waals surface area contributed by atoms with E-state index in [1.807, 2.05) is 0 Å². The first-order chi connectivity index (χ1) is 8.79. The van der Waals surface area contributed by atoms with E-state index in [1.165, 1.54) is 0 Å². The molecule has 1 heterocycles. The first-order valence-corrected chi connectivity index (χ1v) is 6.27. The molecule has 2 N–H and O–H groups in total. The van der Waals surface area contributed by atoms with Gasteiger partial charge in [0.1, 0.15) is 0 Å². The van der Waals surface area contributed by atoms with Crippen molar-refractivity contribution in [1.29, 1.82) is 0 Å². The Balaban J connectivity index is 2.32. The molecule has 1 aromatic rings. The fourth-order valence-corrected chi connectivity index (χ4v) is 1.51. The van der Waals surface area contributed by atoms with Gasteiger partial charge in [-0.05, 0) is 18.9 Å². The van der Waals surface area contributed by atoms with E-state index < -0.39 is 0 Å². The molecule has 5 heteroatoms. The molecule has 1 amide bonds. The number of nitrogens with zero attached hydrogens (tertiary/aromatic N) is 1. The highest BCUT2D eigenvalue weighted by molar-refractivity contribution is 5.99. The molecule has 100 valence electrons. The van der Waals surface area contributed by atoms with Gasteiger partial charge in [-0.15, -0.1) is 0 Å². The number of nitrogens with one attached hydrogen (secondary N) is 2. The fourth-order valence-electron chi connectivity index (χ4n) is 1.51. The van der Waals surface area contributed by atoms with Crippen LogP contribution in [0.1, 0.15) is 30.1 Å². The molecule has 0 spiro atoms. The summed E-state index contributed by atoms with van der Waals surface area (Å²) < 4.78 is 5.34. The quantitative estimate of drug-likeness (QED) is 0.690. The number of anilines is 1. The molecule has 18 heavy (non-hydrogen) atoms. The number of pyridine rings is 1. The van der Waals surface area contributed by atoms with Gasteiger partial charge in [0.2, 0.25) is 0 Å². The second kappa shape index (κ2) is 8.47. The van der Waals surface area contributed by atoms with Gasteiger partial charge < -0.3 is 15.4 Å². The molecular formula is C13H21N3O2. The van der Waals surface area contributed by atoms with Gasteiger partial charge >= 0.3 is 0 Å². The smallest absolute Gasteiger partial charge is 0.253 e. The van der Waals surface area contributed by atoms with Crippen LogP contribution in [0.5, 0.6) is 0 Å². The Morgan fingerprint density at radius 2 is 2.28 bits per heavy atom. The largest absolute Gasteiger partial charge is 0.386 e. The number of aromatic nitrogens is 1. The Hall–Kier alpha value is -1.62. The maximum atomic E-state index is 11.9. The Bertz CT molecular complexity index is 369. The van der Waals surface area contributed by atoms with Crippen molar-refractivity contribution >= 4 is 11.6 Å². The Labute approximate surface area is 108 Å². The third-order valence-corrected chi connectivity index (χ3v) is 2.43. The molecule has 0 aromatic carbocycles. The topological polar surface area (TPSA) is 63.2 Å². The van der Waals surface area contributed by atoms with Crippen LogP contribution in [0.4, 0.5) is 5.69 Å². The molecule has 0 aliphatic heterocycles. The standard InChI is InChI=1S/C13H21N3O2/c1-3-8-18-9-4-6-16-13(17)11-5-7-15-10-12(11)14-2/h5,7,10,14H,3-4,6,8-9H2,1-2H3,(H,16,17). The minimum atomic E-state index is -0.0859. The first-order valence-electron chi connectivity index (χ1n) is 6.27. The number of amides is 1. The van der Waals surface area contributed by atoms with Crippen molar-refractivity contribution in [2.75, 3.05) is 32.1 Å². The molecule has 5 nitrogen and oxygen atoms in total. The van der Waals surface area contributed by atoms with Crippen LogP contribution in [0, 0.1) is 0 Å². The zero-order chi connectivity index (χ0) is 13.2. The van der Waals surface area contributed by atoms with Crippen molar-refractivity contribution in [3.05, 3.63) is 24.0 Å². The van der Waals surface area contributed by atoms with E-state index >= 15 is 0 Å². The van der Waals surface area contributed by atoms with Crippen molar-refractivity contribution in [3.8, 4) is 0 Å². The van der Waals surface area contributed by atoms with Crippen molar-refractivity contribution < 1.29 is 9.53 Å². The monoisotopic (exact) mass is 251 g/mol. The van der Waals surface area contributed by atoms with E-state index in [2.05, 4.69) is 22.5 Å². The molecular weight excluding hydrogens is 230 g/mol. The van der Waals surface area contributed by atoms with Crippen LogP contribution in [-0.4, -0.2) is 37.7 Å². The van der Waals surface area contributed by atoms with E-state index in [9.17, 15) is 4.79 Å². The van der Waals surface area contributed by atoms with E-state index in [-0.39, 0.29) is 5.91 Å². The number of hydrogen-bond acceptors (Lipinski definition) is 4. The molecule has 0 aliphatic rings. The summed E-state index contributed by atoms with van der Waals surface area (Å²) in [4.78, 5) is 15.9. The van der Waals surface area contributed by atoms with Crippen LogP contribution >= 0.6 is 0 Å². The van der Waals surface area contributed by atoms with E-state index in [1.54, 1.807) is 25.5 Å². The number of ether oxygens (including phenoxy) is 1. The zero-order valence-electron chi connectivity index (χ0n) is 11.0. The summed E-state index contributed by atoms with van der Waals surface area (Å²) in [6.45, 7) is 4.16. The van der Waals surface area contributed by atoms with E-state index in [0.717, 1.165) is 25.1 Å². The average Bonchev–Trinajstić information content (AvgIpc) is 2.42. The van der Waals surface area contributed by atoms with Crippen LogP contribution in [-0.2, 0) is 4.74 Å². The molecule has 0 atom stereocenters. The highest BCUT2D eigenvalue weighted by Gasteiger charge is 2.09. The van der Waals surface area contributed by atoms with Crippen LogP contribution < -0.4 is 10.6 Å². The molecule has 0 saturated heterocycles. The Morgan fingerprint density at radius 1 is 1.44 bits per heavy atom. The molecule has 0 fully saturated rings. The second-order valence-electron chi connectivity index (χ2n) is 3.89. The lowest BCUT2D eigenvalue weighted by molar-refractivity contribution is 0.0942. The third kappa shape index (κ3) is 4.71. The van der Waals surface area contributed by atoms with Gasteiger partial charge in [-0.1, -0.05) is 6.92 Å². The predicted molar refractivity (Wildman–Crippen MR) is 71.8 cm³/mol. The normalized spacial score (nSPS) is 10.1. The minimum Gasteiger partial charge on any atom is -0.386 e. The summed E-state index contributed by atoms with van der Waals surface area (Å²) in [5.74, 6) is -0.0859. The summed E-state index contributed by atoms with van der Waals surface area (Å²) in [6.07, 6.45) is 5.10. The summed E-state index contributed by atoms with van der Waals surface area (Å²) in [5, 5.41) is 5.81. The van der Waals surface area contributed by atoms with Crippen LogP contribution in [0.15, 0.2) is 18.5 Å². The lowest BCUT2D eigenvalue weighted by atomic mass is 10.2. The zero-order valence-corrected chi connectivity index (χ0v) is 11.0. The highest BCUT2D eigenvalue weighted by atomic mass is 16.5. The number of hydrogen-bond donors (Lipinski definition) is 2. The predicted octanol–water partition coefficient (Wildman–Crippen LogP) is 1.67. The maximum Gasteiger partial charge on any atom is 0.253 e. The van der Waals surface area contributed by atoms with Gasteiger partial charge in [-0.2, -0.15) is 0 Å². The second-order valence-corrected chi connectivity index (χ2v) is 3.89. The van der Waals surface area contributed by atoms with Gasteiger partial charge in [-0.3, -0.25) is 9.78 Å². The first kappa shape index (κ1) is 14.4. The highest BCUT2D eigenvalue weighted by Crippen LogP contribution is 2.11. The SMILES string of the molecule is CCCOCCCNC(=O)c1ccncc1NC. The van der Waals surface area contributed by atoms with Crippen molar-refractivity contribution in [2.45, 2.75) is 19.8 Å². The van der Waals surface area contributed by atoms with Crippen LogP contribution in [0.2, 0.25) is 0 Å². The molecule has 1 aromatic heterocycles. The molecule has 0 radical (unpaired) electrons. The average molecular weight is 251 g/mol. The Morgan fingerprint density at radius 3 is 3.00 bits per heavy atom. The molecule has 0 unspecified atom stereocenters. The summed E-state index contributed by atoms with van der Waals surface area (Å²) in [7, 11) is 1.77. The summed E-state index contributed by atoms with van der Waals surface area (Å²) in [6, 6.07) is 1.70. The lowest BCUT2D eigenvalue weighted by Gasteiger charge is -2.09. The van der Waals surface area contributed by atoms with Crippen molar-refractivity contribution in [2.24, 2.45) is 0 Å². The molecule has 0 aliphatic carbocycles. The summed E-state index contributed by atoms with van der Waals surface area (Å²) in [5.41, 5.74) is 1.35. The number of rotatable bonds is 8.